The summed E-state index contributed by atoms with van der Waals surface area (Å²) in [6.45, 7) is 6.88. The number of para-hydroxylation sites is 2. The number of ether oxygens (including phenoxy) is 1. The molecule has 0 spiro atoms. The van der Waals surface area contributed by atoms with Gasteiger partial charge in [0.1, 0.15) is 5.75 Å². The minimum Gasteiger partial charge on any atom is -0.492 e. The monoisotopic (exact) mass is 277 g/mol. The normalized spacial score (nSPS) is 16.9. The molecule has 1 aliphatic rings. The van der Waals surface area contributed by atoms with Crippen LogP contribution in [0.15, 0.2) is 24.3 Å². The van der Waals surface area contributed by atoms with Gasteiger partial charge in [-0.2, -0.15) is 0 Å². The highest BCUT2D eigenvalue weighted by molar-refractivity contribution is 5.93. The summed E-state index contributed by atoms with van der Waals surface area (Å²) in [7, 11) is 2.11. The van der Waals surface area contributed by atoms with E-state index < -0.39 is 0 Å². The van der Waals surface area contributed by atoms with E-state index in [4.69, 9.17) is 4.74 Å². The highest BCUT2D eigenvalue weighted by atomic mass is 16.5. The zero-order chi connectivity index (χ0) is 14.4. The number of carbonyl (C=O) groups is 1. The van der Waals surface area contributed by atoms with Crippen molar-refractivity contribution in [3.05, 3.63) is 24.3 Å². The number of hydrogen-bond donors (Lipinski definition) is 1. The van der Waals surface area contributed by atoms with Gasteiger partial charge >= 0.3 is 0 Å². The second-order valence-electron chi connectivity index (χ2n) is 5.06. The van der Waals surface area contributed by atoms with Crippen LogP contribution in [-0.2, 0) is 4.79 Å². The smallest absolute Gasteiger partial charge is 0.238 e. The minimum atomic E-state index is 0.0155. The summed E-state index contributed by atoms with van der Waals surface area (Å²) in [5.74, 6) is 0.739. The first-order valence-electron chi connectivity index (χ1n) is 7.11. The summed E-state index contributed by atoms with van der Waals surface area (Å²) in [6, 6.07) is 7.54. The van der Waals surface area contributed by atoms with Gasteiger partial charge in [0.15, 0.2) is 0 Å². The molecule has 1 aromatic rings. The molecule has 0 aliphatic carbocycles. The third-order valence-corrected chi connectivity index (χ3v) is 3.42. The number of likely N-dealkylation sites (N-methyl/N-ethyl adjacent to an activating group) is 1. The molecule has 0 bridgehead atoms. The van der Waals surface area contributed by atoms with Crippen molar-refractivity contribution in [2.24, 2.45) is 0 Å². The predicted octanol–water partition coefficient (Wildman–Crippen LogP) is 1.27. The first kappa shape index (κ1) is 14.8. The van der Waals surface area contributed by atoms with Gasteiger partial charge in [0, 0.05) is 26.2 Å². The highest BCUT2D eigenvalue weighted by Crippen LogP contribution is 2.23. The van der Waals surface area contributed by atoms with Crippen molar-refractivity contribution in [1.82, 2.24) is 9.80 Å². The largest absolute Gasteiger partial charge is 0.492 e. The molecular weight excluding hydrogens is 254 g/mol. The van der Waals surface area contributed by atoms with Crippen molar-refractivity contribution in [1.29, 1.82) is 0 Å². The Kier molecular flexibility index (Phi) is 5.38. The minimum absolute atomic E-state index is 0.0155. The van der Waals surface area contributed by atoms with Crippen molar-refractivity contribution in [2.75, 3.05) is 51.7 Å². The zero-order valence-electron chi connectivity index (χ0n) is 12.3. The van der Waals surface area contributed by atoms with E-state index in [9.17, 15) is 4.79 Å². The number of amides is 1. The molecule has 1 heterocycles. The van der Waals surface area contributed by atoms with Crippen LogP contribution >= 0.6 is 0 Å². The lowest BCUT2D eigenvalue weighted by molar-refractivity contribution is -0.117. The maximum Gasteiger partial charge on any atom is 0.238 e. The average Bonchev–Trinajstić information content (AvgIpc) is 2.44. The molecule has 1 aromatic carbocycles. The maximum atomic E-state index is 12.1. The molecule has 1 saturated heterocycles. The van der Waals surface area contributed by atoms with E-state index >= 15 is 0 Å². The van der Waals surface area contributed by atoms with Crippen molar-refractivity contribution < 1.29 is 9.53 Å². The lowest BCUT2D eigenvalue weighted by Gasteiger charge is -2.31. The Balaban J connectivity index is 1.88. The Morgan fingerprint density at radius 2 is 1.95 bits per heavy atom. The quantitative estimate of drug-likeness (QED) is 0.880. The first-order valence-corrected chi connectivity index (χ1v) is 7.11. The zero-order valence-corrected chi connectivity index (χ0v) is 12.3. The number of carbonyl (C=O) groups excluding carboxylic acids is 1. The van der Waals surface area contributed by atoms with Crippen LogP contribution in [0.2, 0.25) is 0 Å². The summed E-state index contributed by atoms with van der Waals surface area (Å²) in [5.41, 5.74) is 0.744. The van der Waals surface area contributed by atoms with Gasteiger partial charge < -0.3 is 15.0 Å². The van der Waals surface area contributed by atoms with Gasteiger partial charge in [-0.1, -0.05) is 12.1 Å². The summed E-state index contributed by atoms with van der Waals surface area (Å²) < 4.78 is 5.51. The van der Waals surface area contributed by atoms with Crippen molar-refractivity contribution in [3.8, 4) is 5.75 Å². The van der Waals surface area contributed by atoms with Crippen LogP contribution in [0.3, 0.4) is 0 Å². The number of benzene rings is 1. The molecule has 0 atom stereocenters. The molecule has 0 unspecified atom stereocenters. The topological polar surface area (TPSA) is 44.8 Å². The van der Waals surface area contributed by atoms with Gasteiger partial charge in [0.25, 0.3) is 0 Å². The van der Waals surface area contributed by atoms with E-state index in [0.29, 0.717) is 13.2 Å². The van der Waals surface area contributed by atoms with Crippen LogP contribution in [-0.4, -0.2) is 62.1 Å². The number of rotatable bonds is 5. The van der Waals surface area contributed by atoms with E-state index in [2.05, 4.69) is 22.2 Å². The molecule has 5 nitrogen and oxygen atoms in total. The Morgan fingerprint density at radius 3 is 2.65 bits per heavy atom. The predicted molar refractivity (Wildman–Crippen MR) is 80.2 cm³/mol. The number of hydrogen-bond acceptors (Lipinski definition) is 4. The van der Waals surface area contributed by atoms with Crippen LogP contribution in [0.25, 0.3) is 0 Å². The summed E-state index contributed by atoms with van der Waals surface area (Å²) in [5, 5.41) is 2.93. The van der Waals surface area contributed by atoms with Gasteiger partial charge in [-0.15, -0.1) is 0 Å². The molecule has 110 valence electrons. The second kappa shape index (κ2) is 7.26. The number of nitrogens with zero attached hydrogens (tertiary/aromatic N) is 2. The fourth-order valence-electron chi connectivity index (χ4n) is 2.25. The Hall–Kier alpha value is -1.59. The van der Waals surface area contributed by atoms with Crippen LogP contribution < -0.4 is 10.1 Å². The van der Waals surface area contributed by atoms with Gasteiger partial charge in [0.05, 0.1) is 18.8 Å². The van der Waals surface area contributed by atoms with Crippen molar-refractivity contribution in [3.63, 3.8) is 0 Å². The SMILES string of the molecule is CCOc1ccccc1NC(=O)CN1CCN(C)CC1. The van der Waals surface area contributed by atoms with E-state index in [1.54, 1.807) is 0 Å². The third-order valence-electron chi connectivity index (χ3n) is 3.42. The van der Waals surface area contributed by atoms with E-state index in [0.717, 1.165) is 37.6 Å². The van der Waals surface area contributed by atoms with E-state index in [-0.39, 0.29) is 5.91 Å². The number of piperazine rings is 1. The van der Waals surface area contributed by atoms with E-state index in [1.165, 1.54) is 0 Å². The average molecular weight is 277 g/mol. The summed E-state index contributed by atoms with van der Waals surface area (Å²) in [6.07, 6.45) is 0. The fourth-order valence-corrected chi connectivity index (χ4v) is 2.25. The number of nitrogens with one attached hydrogen (secondary N) is 1. The molecule has 1 amide bonds. The van der Waals surface area contributed by atoms with Crippen molar-refractivity contribution in [2.45, 2.75) is 6.92 Å². The van der Waals surface area contributed by atoms with Crippen molar-refractivity contribution >= 4 is 11.6 Å². The molecule has 2 rings (SSSR count). The molecule has 20 heavy (non-hydrogen) atoms. The molecule has 0 saturated carbocycles. The van der Waals surface area contributed by atoms with Gasteiger partial charge in [-0.25, -0.2) is 0 Å². The summed E-state index contributed by atoms with van der Waals surface area (Å²) in [4.78, 5) is 16.6. The Morgan fingerprint density at radius 1 is 1.25 bits per heavy atom. The molecule has 5 heteroatoms. The lowest BCUT2D eigenvalue weighted by Crippen LogP contribution is -2.47. The van der Waals surface area contributed by atoms with E-state index in [1.807, 2.05) is 31.2 Å². The maximum absolute atomic E-state index is 12.1. The van der Waals surface area contributed by atoms with Crippen LogP contribution in [0.5, 0.6) is 5.75 Å². The fraction of sp³-hybridized carbons (Fsp3) is 0.533. The molecule has 1 N–H and O–H groups in total. The van der Waals surface area contributed by atoms with Gasteiger partial charge in [-0.05, 0) is 26.1 Å². The van der Waals surface area contributed by atoms with Crippen LogP contribution in [0.1, 0.15) is 6.92 Å². The van der Waals surface area contributed by atoms with Crippen LogP contribution in [0, 0.1) is 0 Å². The van der Waals surface area contributed by atoms with Gasteiger partial charge in [0.2, 0.25) is 5.91 Å². The standard InChI is InChI=1S/C15H23N3O2/c1-3-20-14-7-5-4-6-13(14)16-15(19)12-18-10-8-17(2)9-11-18/h4-7H,3,8-12H2,1-2H3,(H,16,19). The molecule has 1 aliphatic heterocycles. The van der Waals surface area contributed by atoms with Gasteiger partial charge in [-0.3, -0.25) is 9.69 Å². The third kappa shape index (κ3) is 4.21. The Labute approximate surface area is 120 Å². The molecule has 1 fully saturated rings. The molecular formula is C15H23N3O2. The summed E-state index contributed by atoms with van der Waals surface area (Å²) >= 11 is 0. The lowest BCUT2D eigenvalue weighted by atomic mass is 10.3. The second-order valence-corrected chi connectivity index (χ2v) is 5.06. The molecule has 0 radical (unpaired) electrons. The Bertz CT molecular complexity index is 442. The van der Waals surface area contributed by atoms with Crippen LogP contribution in [0.4, 0.5) is 5.69 Å². The molecule has 0 aromatic heterocycles. The first-order chi connectivity index (χ1) is 9.69. The number of anilines is 1. The highest BCUT2D eigenvalue weighted by Gasteiger charge is 2.17.